The average molecular weight is 357 g/mol. The smallest absolute Gasteiger partial charge is 0.310 e. The fourth-order valence-electron chi connectivity index (χ4n) is 1.30. The summed E-state index contributed by atoms with van der Waals surface area (Å²) >= 11 is 1.84. The van der Waals surface area contributed by atoms with Crippen LogP contribution in [0.25, 0.3) is 0 Å². The molecule has 0 aliphatic rings. The van der Waals surface area contributed by atoms with Crippen molar-refractivity contribution in [1.82, 2.24) is 4.98 Å². The second-order valence-corrected chi connectivity index (χ2v) is 4.22. The van der Waals surface area contributed by atoms with E-state index < -0.39 is 12.4 Å². The Morgan fingerprint density at radius 1 is 1.53 bits per heavy atom. The quantitative estimate of drug-likeness (QED) is 0.613. The Labute approximate surface area is 110 Å². The van der Waals surface area contributed by atoms with Gasteiger partial charge in [0.25, 0.3) is 6.43 Å². The largest absolute Gasteiger partial charge is 0.481 e. The second kappa shape index (κ2) is 6.08. The van der Waals surface area contributed by atoms with Crippen LogP contribution in [0.2, 0.25) is 0 Å². The van der Waals surface area contributed by atoms with Crippen LogP contribution in [0.15, 0.2) is 6.20 Å². The number of esters is 1. The molecule has 0 fully saturated rings. The van der Waals surface area contributed by atoms with Gasteiger partial charge in [-0.25, -0.2) is 13.8 Å². The lowest BCUT2D eigenvalue weighted by atomic mass is 10.1. The number of carbonyl (C=O) groups is 1. The highest BCUT2D eigenvalue weighted by Crippen LogP contribution is 2.33. The van der Waals surface area contributed by atoms with E-state index >= 15 is 0 Å². The molecule has 0 aliphatic carbocycles. The van der Waals surface area contributed by atoms with Crippen molar-refractivity contribution >= 4 is 28.6 Å². The van der Waals surface area contributed by atoms with Gasteiger partial charge in [0.2, 0.25) is 5.88 Å². The van der Waals surface area contributed by atoms with Gasteiger partial charge in [-0.2, -0.15) is 0 Å². The van der Waals surface area contributed by atoms with Gasteiger partial charge in [0, 0.05) is 9.77 Å². The van der Waals surface area contributed by atoms with Crippen LogP contribution in [0, 0.1) is 3.57 Å². The molecule has 0 radical (unpaired) electrons. The predicted molar refractivity (Wildman–Crippen MR) is 64.2 cm³/mol. The highest BCUT2D eigenvalue weighted by molar-refractivity contribution is 14.1. The molecule has 0 unspecified atom stereocenters. The average Bonchev–Trinajstić information content (AvgIpc) is 2.30. The Bertz CT molecular complexity index is 426. The number of methoxy groups -OCH3 is 2. The van der Waals surface area contributed by atoms with Gasteiger partial charge < -0.3 is 9.47 Å². The number of carbonyl (C=O) groups excluding carboxylic acids is 1. The van der Waals surface area contributed by atoms with E-state index in [0.29, 0.717) is 3.57 Å². The molecule has 0 saturated heterocycles. The van der Waals surface area contributed by atoms with Crippen LogP contribution in [0.3, 0.4) is 0 Å². The third-order valence-corrected chi connectivity index (χ3v) is 3.03. The second-order valence-electron chi connectivity index (χ2n) is 3.06. The summed E-state index contributed by atoms with van der Waals surface area (Å²) in [6.07, 6.45) is -1.61. The molecule has 0 aromatic carbocycles. The van der Waals surface area contributed by atoms with E-state index in [4.69, 9.17) is 4.74 Å². The first kappa shape index (κ1) is 14.1. The van der Waals surface area contributed by atoms with Crippen LogP contribution in [-0.4, -0.2) is 25.2 Å². The highest BCUT2D eigenvalue weighted by Gasteiger charge is 2.24. The third kappa shape index (κ3) is 3.24. The number of halogens is 3. The number of nitrogens with zero attached hydrogens (tertiary/aromatic N) is 1. The van der Waals surface area contributed by atoms with Crippen LogP contribution in [0.5, 0.6) is 5.88 Å². The molecule has 0 saturated carbocycles. The lowest BCUT2D eigenvalue weighted by molar-refractivity contribution is -0.139. The van der Waals surface area contributed by atoms with Crippen molar-refractivity contribution in [2.24, 2.45) is 0 Å². The maximum atomic E-state index is 12.9. The molecular formula is C10H10F2INO3. The fraction of sp³-hybridized carbons (Fsp3) is 0.400. The molecule has 0 bridgehead atoms. The minimum absolute atomic E-state index is 0.167. The maximum Gasteiger partial charge on any atom is 0.310 e. The van der Waals surface area contributed by atoms with Crippen molar-refractivity contribution in [1.29, 1.82) is 0 Å². The van der Waals surface area contributed by atoms with Crippen LogP contribution >= 0.6 is 22.6 Å². The number of pyridine rings is 1. The molecule has 17 heavy (non-hydrogen) atoms. The molecule has 1 rings (SSSR count). The van der Waals surface area contributed by atoms with Crippen LogP contribution in [-0.2, 0) is 16.0 Å². The van der Waals surface area contributed by atoms with Gasteiger partial charge >= 0.3 is 5.97 Å². The van der Waals surface area contributed by atoms with Gasteiger partial charge in [-0.1, -0.05) is 0 Å². The number of rotatable bonds is 4. The summed E-state index contributed by atoms with van der Waals surface area (Å²) in [4.78, 5) is 14.9. The molecular weight excluding hydrogens is 347 g/mol. The summed E-state index contributed by atoms with van der Waals surface area (Å²) in [6.45, 7) is 0. The molecule has 0 spiro atoms. The van der Waals surface area contributed by atoms with Gasteiger partial charge in [0.15, 0.2) is 0 Å². The van der Waals surface area contributed by atoms with E-state index in [1.165, 1.54) is 20.4 Å². The topological polar surface area (TPSA) is 48.4 Å². The number of alkyl halides is 2. The minimum atomic E-state index is -2.76. The van der Waals surface area contributed by atoms with Crippen molar-refractivity contribution in [3.8, 4) is 5.88 Å². The van der Waals surface area contributed by atoms with E-state index in [1.807, 2.05) is 22.6 Å². The van der Waals surface area contributed by atoms with Crippen LogP contribution in [0.1, 0.15) is 17.6 Å². The summed E-state index contributed by atoms with van der Waals surface area (Å²) < 4.78 is 35.6. The van der Waals surface area contributed by atoms with E-state index in [0.717, 1.165) is 0 Å². The SMILES string of the molecule is COC(=O)Cc1c(I)cnc(OC)c1C(F)F. The zero-order chi connectivity index (χ0) is 13.0. The van der Waals surface area contributed by atoms with E-state index in [-0.39, 0.29) is 23.4 Å². The van der Waals surface area contributed by atoms with Crippen molar-refractivity contribution in [2.45, 2.75) is 12.8 Å². The lowest BCUT2D eigenvalue weighted by Gasteiger charge is -2.13. The normalized spacial score (nSPS) is 10.5. The van der Waals surface area contributed by atoms with E-state index in [2.05, 4.69) is 9.72 Å². The van der Waals surface area contributed by atoms with Crippen LogP contribution < -0.4 is 4.74 Å². The molecule has 0 aliphatic heterocycles. The standard InChI is InChI=1S/C10H10F2INO3/c1-16-7(15)3-5-6(13)4-14-10(17-2)8(5)9(11)12/h4,9H,3H2,1-2H3. The fourth-order valence-corrected chi connectivity index (χ4v) is 1.92. The Kier molecular flexibility index (Phi) is 5.03. The molecule has 1 aromatic heterocycles. The van der Waals surface area contributed by atoms with Gasteiger partial charge in [-0.15, -0.1) is 0 Å². The number of ether oxygens (including phenoxy) is 2. The van der Waals surface area contributed by atoms with Gasteiger partial charge in [0.1, 0.15) is 0 Å². The summed E-state index contributed by atoms with van der Waals surface area (Å²) in [7, 11) is 2.46. The van der Waals surface area contributed by atoms with E-state index in [1.54, 1.807) is 0 Å². The Hall–Kier alpha value is -0.990. The molecule has 1 heterocycles. The minimum Gasteiger partial charge on any atom is -0.481 e. The molecule has 4 nitrogen and oxygen atoms in total. The maximum absolute atomic E-state index is 12.9. The Morgan fingerprint density at radius 3 is 2.65 bits per heavy atom. The van der Waals surface area contributed by atoms with Crippen molar-refractivity contribution in [3.63, 3.8) is 0 Å². The zero-order valence-electron chi connectivity index (χ0n) is 9.17. The van der Waals surface area contributed by atoms with Crippen molar-refractivity contribution in [3.05, 3.63) is 20.9 Å². The van der Waals surface area contributed by atoms with Crippen LogP contribution in [0.4, 0.5) is 8.78 Å². The van der Waals surface area contributed by atoms with Gasteiger partial charge in [-0.05, 0) is 28.2 Å². The Balaban J connectivity index is 3.28. The number of hydrogen-bond acceptors (Lipinski definition) is 4. The third-order valence-electron chi connectivity index (χ3n) is 2.10. The molecule has 94 valence electrons. The van der Waals surface area contributed by atoms with Gasteiger partial charge in [0.05, 0.1) is 26.2 Å². The monoisotopic (exact) mass is 357 g/mol. The molecule has 1 aromatic rings. The summed E-state index contributed by atoms with van der Waals surface area (Å²) in [6, 6.07) is 0. The van der Waals surface area contributed by atoms with Crippen molar-refractivity contribution in [2.75, 3.05) is 14.2 Å². The number of aromatic nitrogens is 1. The first-order chi connectivity index (χ1) is 8.01. The molecule has 0 N–H and O–H groups in total. The molecule has 0 amide bonds. The Morgan fingerprint density at radius 2 is 2.18 bits per heavy atom. The first-order valence-corrected chi connectivity index (χ1v) is 5.65. The zero-order valence-corrected chi connectivity index (χ0v) is 11.3. The number of hydrogen-bond donors (Lipinski definition) is 0. The lowest BCUT2D eigenvalue weighted by Crippen LogP contribution is -2.11. The molecule has 7 heteroatoms. The predicted octanol–water partition coefficient (Wildman–Crippen LogP) is 2.35. The summed E-state index contributed by atoms with van der Waals surface area (Å²) in [5.41, 5.74) is -0.163. The molecule has 0 atom stereocenters. The summed E-state index contributed by atoms with van der Waals surface area (Å²) in [5, 5.41) is 0. The van der Waals surface area contributed by atoms with Crippen molar-refractivity contribution < 1.29 is 23.0 Å². The summed E-state index contributed by atoms with van der Waals surface area (Å²) in [5.74, 6) is -0.752. The van der Waals surface area contributed by atoms with Gasteiger partial charge in [-0.3, -0.25) is 4.79 Å². The first-order valence-electron chi connectivity index (χ1n) is 4.57. The van der Waals surface area contributed by atoms with E-state index in [9.17, 15) is 13.6 Å². The highest BCUT2D eigenvalue weighted by atomic mass is 127.